The van der Waals surface area contributed by atoms with Crippen molar-refractivity contribution in [3.05, 3.63) is 76.3 Å². The number of benzene rings is 3. The topological polar surface area (TPSA) is 86.8 Å². The fourth-order valence-electron chi connectivity index (χ4n) is 3.78. The Bertz CT molecular complexity index is 1400. The molecule has 1 atom stereocenters. The third-order valence-electron chi connectivity index (χ3n) is 5.84. The SMILES string of the molecule is C[C@@H](C(=O)NC(C)(C)C)N(Cc1c(Cl)cccc1Cl)C(=O)CN(C)S(=O)(=O)c1ccc2ccccc2c1. The number of carbonyl (C=O) groups excluding carboxylic acids is 2. The number of sulfonamides is 1. The first-order valence-electron chi connectivity index (χ1n) is 11.7. The minimum Gasteiger partial charge on any atom is -0.350 e. The van der Waals surface area contributed by atoms with Crippen molar-refractivity contribution in [3.63, 3.8) is 0 Å². The van der Waals surface area contributed by atoms with E-state index in [4.69, 9.17) is 23.2 Å². The molecule has 7 nitrogen and oxygen atoms in total. The molecule has 0 aliphatic carbocycles. The molecule has 0 fully saturated rings. The molecule has 0 unspecified atom stereocenters. The second-order valence-corrected chi connectivity index (χ2v) is 12.8. The van der Waals surface area contributed by atoms with E-state index in [0.29, 0.717) is 15.6 Å². The quantitative estimate of drug-likeness (QED) is 0.413. The molecule has 198 valence electrons. The molecule has 37 heavy (non-hydrogen) atoms. The lowest BCUT2D eigenvalue weighted by Crippen LogP contribution is -2.54. The maximum absolute atomic E-state index is 13.5. The summed E-state index contributed by atoms with van der Waals surface area (Å²) < 4.78 is 27.6. The van der Waals surface area contributed by atoms with E-state index < -0.39 is 34.1 Å². The molecule has 0 saturated carbocycles. The zero-order chi connectivity index (χ0) is 27.5. The molecular weight excluding hydrogens is 533 g/mol. The van der Waals surface area contributed by atoms with Gasteiger partial charge < -0.3 is 10.2 Å². The van der Waals surface area contributed by atoms with Gasteiger partial charge in [-0.25, -0.2) is 8.42 Å². The summed E-state index contributed by atoms with van der Waals surface area (Å²) in [5.41, 5.74) is -0.0622. The molecule has 0 heterocycles. The van der Waals surface area contributed by atoms with E-state index in [-0.39, 0.29) is 17.3 Å². The molecular formula is C27H31Cl2N3O4S. The van der Waals surface area contributed by atoms with Crippen LogP contribution in [0.25, 0.3) is 10.8 Å². The average molecular weight is 565 g/mol. The number of fused-ring (bicyclic) bond motifs is 1. The Labute approximate surface area is 228 Å². The number of amides is 2. The Hall–Kier alpha value is -2.65. The Morgan fingerprint density at radius 3 is 2.14 bits per heavy atom. The van der Waals surface area contributed by atoms with E-state index in [2.05, 4.69) is 5.32 Å². The van der Waals surface area contributed by atoms with Crippen LogP contribution in [0.1, 0.15) is 33.3 Å². The van der Waals surface area contributed by atoms with Gasteiger partial charge >= 0.3 is 0 Å². The number of likely N-dealkylation sites (N-methyl/N-ethyl adjacent to an activating group) is 1. The molecule has 0 aromatic heterocycles. The molecule has 3 aromatic rings. The highest BCUT2D eigenvalue weighted by molar-refractivity contribution is 7.89. The average Bonchev–Trinajstić information content (AvgIpc) is 2.82. The van der Waals surface area contributed by atoms with Crippen LogP contribution in [-0.4, -0.2) is 54.6 Å². The molecule has 3 aromatic carbocycles. The highest BCUT2D eigenvalue weighted by Crippen LogP contribution is 2.27. The van der Waals surface area contributed by atoms with Gasteiger partial charge in [-0.2, -0.15) is 4.31 Å². The molecule has 3 rings (SSSR count). The minimum atomic E-state index is -3.99. The van der Waals surface area contributed by atoms with Crippen LogP contribution in [0, 0.1) is 0 Å². The third kappa shape index (κ3) is 7.02. The van der Waals surface area contributed by atoms with Crippen molar-refractivity contribution in [2.24, 2.45) is 0 Å². The van der Waals surface area contributed by atoms with Crippen LogP contribution >= 0.6 is 23.2 Å². The monoisotopic (exact) mass is 563 g/mol. The molecule has 1 N–H and O–H groups in total. The van der Waals surface area contributed by atoms with Crippen LogP contribution in [0.2, 0.25) is 10.0 Å². The van der Waals surface area contributed by atoms with Crippen molar-refractivity contribution >= 4 is 55.8 Å². The molecule has 0 bridgehead atoms. The molecule has 0 aliphatic rings. The molecule has 2 amide bonds. The molecule has 0 spiro atoms. The molecule has 0 radical (unpaired) electrons. The summed E-state index contributed by atoms with van der Waals surface area (Å²) in [7, 11) is -2.65. The standard InChI is InChI=1S/C27H31Cl2N3O4S/c1-18(26(34)30-27(2,3)4)32(16-22-23(28)11-8-12-24(22)29)25(33)17-31(5)37(35,36)21-14-13-19-9-6-7-10-20(19)15-21/h6-15,18H,16-17H2,1-5H3,(H,30,34)/t18-/m0/s1. The number of hydrogen-bond acceptors (Lipinski definition) is 4. The number of hydrogen-bond donors (Lipinski definition) is 1. The van der Waals surface area contributed by atoms with Crippen molar-refractivity contribution in [2.45, 2.75) is 50.7 Å². The summed E-state index contributed by atoms with van der Waals surface area (Å²) in [5, 5.41) is 5.22. The van der Waals surface area contributed by atoms with Gasteiger partial charge in [-0.3, -0.25) is 9.59 Å². The van der Waals surface area contributed by atoms with Crippen LogP contribution in [0.5, 0.6) is 0 Å². The van der Waals surface area contributed by atoms with Crippen LogP contribution in [0.4, 0.5) is 0 Å². The Morgan fingerprint density at radius 2 is 1.54 bits per heavy atom. The van der Waals surface area contributed by atoms with Gasteiger partial charge in [0.15, 0.2) is 0 Å². The third-order valence-corrected chi connectivity index (χ3v) is 8.35. The van der Waals surface area contributed by atoms with E-state index >= 15 is 0 Å². The van der Waals surface area contributed by atoms with Crippen LogP contribution in [-0.2, 0) is 26.2 Å². The normalized spacial score (nSPS) is 13.0. The zero-order valence-electron chi connectivity index (χ0n) is 21.5. The molecule has 10 heteroatoms. The lowest BCUT2D eigenvalue weighted by atomic mass is 10.1. The number of carbonyl (C=O) groups is 2. The maximum Gasteiger partial charge on any atom is 0.243 e. The Balaban J connectivity index is 1.90. The van der Waals surface area contributed by atoms with Gasteiger partial charge in [0.25, 0.3) is 0 Å². The molecule has 0 aliphatic heterocycles. The van der Waals surface area contributed by atoms with Crippen molar-refractivity contribution in [1.82, 2.24) is 14.5 Å². The Kier molecular flexibility index (Phi) is 8.90. The van der Waals surface area contributed by atoms with Crippen LogP contribution < -0.4 is 5.32 Å². The summed E-state index contributed by atoms with van der Waals surface area (Å²) in [6.07, 6.45) is 0. The highest BCUT2D eigenvalue weighted by Gasteiger charge is 2.32. The van der Waals surface area contributed by atoms with Gasteiger partial charge in [-0.05, 0) is 62.7 Å². The number of rotatable bonds is 8. The van der Waals surface area contributed by atoms with Crippen LogP contribution in [0.15, 0.2) is 65.6 Å². The van der Waals surface area contributed by atoms with Crippen molar-refractivity contribution in [3.8, 4) is 0 Å². The number of nitrogens with one attached hydrogen (secondary N) is 1. The van der Waals surface area contributed by atoms with Crippen molar-refractivity contribution in [1.29, 1.82) is 0 Å². The fraction of sp³-hybridized carbons (Fsp3) is 0.333. The van der Waals surface area contributed by atoms with Gasteiger partial charge in [0.2, 0.25) is 21.8 Å². The first kappa shape index (κ1) is 28.9. The minimum absolute atomic E-state index is 0.0695. The summed E-state index contributed by atoms with van der Waals surface area (Å²) in [5.74, 6) is -0.955. The smallest absolute Gasteiger partial charge is 0.243 e. The second kappa shape index (κ2) is 11.4. The van der Waals surface area contributed by atoms with E-state index in [1.165, 1.54) is 18.0 Å². The van der Waals surface area contributed by atoms with Crippen LogP contribution in [0.3, 0.4) is 0 Å². The number of halogens is 2. The first-order chi connectivity index (χ1) is 17.2. The van der Waals surface area contributed by atoms with Gasteiger partial charge in [-0.15, -0.1) is 0 Å². The van der Waals surface area contributed by atoms with E-state index in [1.807, 2.05) is 45.0 Å². The fourth-order valence-corrected chi connectivity index (χ4v) is 5.46. The van der Waals surface area contributed by atoms with Gasteiger partial charge in [-0.1, -0.05) is 59.6 Å². The lowest BCUT2D eigenvalue weighted by Gasteiger charge is -2.32. The maximum atomic E-state index is 13.5. The van der Waals surface area contributed by atoms with E-state index in [1.54, 1.807) is 37.3 Å². The Morgan fingerprint density at radius 1 is 0.946 bits per heavy atom. The van der Waals surface area contributed by atoms with Crippen molar-refractivity contribution < 1.29 is 18.0 Å². The van der Waals surface area contributed by atoms with E-state index in [0.717, 1.165) is 15.1 Å². The largest absolute Gasteiger partial charge is 0.350 e. The van der Waals surface area contributed by atoms with Gasteiger partial charge in [0.05, 0.1) is 11.4 Å². The first-order valence-corrected chi connectivity index (χ1v) is 13.9. The lowest BCUT2D eigenvalue weighted by molar-refractivity contribution is -0.141. The van der Waals surface area contributed by atoms with Gasteiger partial charge in [0, 0.05) is 34.7 Å². The summed E-state index contributed by atoms with van der Waals surface area (Å²) in [6, 6.07) is 16.3. The number of nitrogens with zero attached hydrogens (tertiary/aromatic N) is 2. The predicted octanol–water partition coefficient (Wildman–Crippen LogP) is 5.10. The van der Waals surface area contributed by atoms with Crippen molar-refractivity contribution in [2.75, 3.05) is 13.6 Å². The summed E-state index contributed by atoms with van der Waals surface area (Å²) >= 11 is 12.7. The van der Waals surface area contributed by atoms with Gasteiger partial charge in [0.1, 0.15) is 6.04 Å². The second-order valence-electron chi connectivity index (χ2n) is 9.91. The predicted molar refractivity (Wildman–Crippen MR) is 148 cm³/mol. The summed E-state index contributed by atoms with van der Waals surface area (Å²) in [4.78, 5) is 27.9. The highest BCUT2D eigenvalue weighted by atomic mass is 35.5. The zero-order valence-corrected chi connectivity index (χ0v) is 23.8. The summed E-state index contributed by atoms with van der Waals surface area (Å²) in [6.45, 7) is 6.53. The van der Waals surface area contributed by atoms with E-state index in [9.17, 15) is 18.0 Å². The molecule has 0 saturated heterocycles.